The van der Waals surface area contributed by atoms with Gasteiger partial charge in [-0.05, 0) is 45.1 Å². The van der Waals surface area contributed by atoms with Gasteiger partial charge in [-0.2, -0.15) is 0 Å². The third-order valence-electron chi connectivity index (χ3n) is 3.89. The van der Waals surface area contributed by atoms with Gasteiger partial charge in [-0.25, -0.2) is 9.18 Å². The van der Waals surface area contributed by atoms with Gasteiger partial charge in [0.2, 0.25) is 0 Å². The summed E-state index contributed by atoms with van der Waals surface area (Å²) in [7, 11) is 4.09. The van der Waals surface area contributed by atoms with E-state index in [0.29, 0.717) is 11.6 Å². The number of hydrogen-bond acceptors (Lipinski definition) is 3. The highest BCUT2D eigenvalue weighted by molar-refractivity contribution is 5.87. The Morgan fingerprint density at radius 2 is 2.24 bits per heavy atom. The second-order valence-corrected chi connectivity index (χ2v) is 5.55. The van der Waals surface area contributed by atoms with Crippen LogP contribution in [-0.4, -0.2) is 49.2 Å². The van der Waals surface area contributed by atoms with E-state index in [1.165, 1.54) is 12.1 Å². The molecule has 1 fully saturated rings. The number of carbonyl (C=O) groups is 1. The van der Waals surface area contributed by atoms with E-state index < -0.39 is 11.8 Å². The van der Waals surface area contributed by atoms with Gasteiger partial charge >= 0.3 is 5.97 Å². The molecule has 0 bridgehead atoms. The number of hydrogen-bond donors (Lipinski definition) is 1. The fourth-order valence-corrected chi connectivity index (χ4v) is 2.72. The lowest BCUT2D eigenvalue weighted by Crippen LogP contribution is -2.45. The number of likely N-dealkylation sites (N-methyl/N-ethyl adjacent to an activating group) is 1. The van der Waals surface area contributed by atoms with Crippen molar-refractivity contribution < 1.29 is 14.3 Å². The maximum absolute atomic E-state index is 14.0. The van der Waals surface area contributed by atoms with E-state index in [4.69, 9.17) is 5.11 Å². The first-order valence-electron chi connectivity index (χ1n) is 7.10. The molecule has 1 atom stereocenters. The molecule has 5 heteroatoms. The molecule has 0 spiro atoms. The Morgan fingerprint density at radius 1 is 1.48 bits per heavy atom. The quantitative estimate of drug-likeness (QED) is 0.866. The van der Waals surface area contributed by atoms with E-state index in [9.17, 15) is 9.18 Å². The molecule has 1 unspecified atom stereocenters. The molecule has 4 nitrogen and oxygen atoms in total. The van der Waals surface area contributed by atoms with E-state index in [1.54, 1.807) is 6.07 Å². The first-order valence-corrected chi connectivity index (χ1v) is 7.10. The van der Waals surface area contributed by atoms with Crippen LogP contribution in [0.15, 0.2) is 24.3 Å². The van der Waals surface area contributed by atoms with Crippen LogP contribution in [0.5, 0.6) is 0 Å². The number of anilines is 1. The molecule has 2 rings (SSSR count). The van der Waals surface area contributed by atoms with E-state index in [0.717, 1.165) is 37.7 Å². The Balaban J connectivity index is 2.30. The molecule has 114 valence electrons. The Kier molecular flexibility index (Phi) is 4.96. The molecule has 1 aliphatic rings. The van der Waals surface area contributed by atoms with Gasteiger partial charge in [0.1, 0.15) is 5.82 Å². The molecule has 21 heavy (non-hydrogen) atoms. The predicted octanol–water partition coefficient (Wildman–Crippen LogP) is 2.45. The van der Waals surface area contributed by atoms with Crippen LogP contribution in [0.3, 0.4) is 0 Å². The fraction of sp³-hybridized carbons (Fsp3) is 0.438. The van der Waals surface area contributed by atoms with Gasteiger partial charge in [0.05, 0.1) is 0 Å². The maximum atomic E-state index is 14.0. The smallest absolute Gasteiger partial charge is 0.328 e. The van der Waals surface area contributed by atoms with Gasteiger partial charge in [0.15, 0.2) is 0 Å². The second kappa shape index (κ2) is 6.72. The molecule has 0 amide bonds. The average Bonchev–Trinajstić information content (AvgIpc) is 2.45. The highest BCUT2D eigenvalue weighted by atomic mass is 19.1. The zero-order chi connectivity index (χ0) is 15.4. The molecule has 1 N–H and O–H groups in total. The minimum atomic E-state index is -1.07. The van der Waals surface area contributed by atoms with E-state index >= 15 is 0 Å². The van der Waals surface area contributed by atoms with Crippen molar-refractivity contribution in [1.82, 2.24) is 4.90 Å². The Bertz CT molecular complexity index is 543. The molecular formula is C16H21FN2O2. The fourth-order valence-electron chi connectivity index (χ4n) is 2.72. The lowest BCUT2D eigenvalue weighted by Gasteiger charge is -2.38. The summed E-state index contributed by atoms with van der Waals surface area (Å²) in [6.45, 7) is 1.69. The van der Waals surface area contributed by atoms with Crippen molar-refractivity contribution in [2.75, 3.05) is 32.1 Å². The van der Waals surface area contributed by atoms with Gasteiger partial charge in [-0.1, -0.05) is 6.07 Å². The zero-order valence-corrected chi connectivity index (χ0v) is 12.4. The summed E-state index contributed by atoms with van der Waals surface area (Å²) >= 11 is 0. The van der Waals surface area contributed by atoms with Crippen LogP contribution in [0, 0.1) is 5.82 Å². The number of piperidine rings is 1. The zero-order valence-electron chi connectivity index (χ0n) is 12.4. The summed E-state index contributed by atoms with van der Waals surface area (Å²) in [5.41, 5.74) is 1.11. The lowest BCUT2D eigenvalue weighted by molar-refractivity contribution is -0.131. The molecule has 0 aromatic heterocycles. The van der Waals surface area contributed by atoms with Gasteiger partial charge < -0.3 is 14.9 Å². The van der Waals surface area contributed by atoms with E-state index in [2.05, 4.69) is 9.80 Å². The highest BCUT2D eigenvalue weighted by Gasteiger charge is 2.23. The summed E-state index contributed by atoms with van der Waals surface area (Å²) in [5, 5.41) is 8.75. The molecule has 1 aromatic rings. The normalized spacial score (nSPS) is 19.4. The number of benzene rings is 1. The van der Waals surface area contributed by atoms with Crippen LogP contribution < -0.4 is 4.90 Å². The van der Waals surface area contributed by atoms with E-state index in [1.807, 2.05) is 20.2 Å². The number of carboxylic acid groups (broad SMARTS) is 1. The molecule has 0 radical (unpaired) electrons. The largest absolute Gasteiger partial charge is 0.478 e. The Morgan fingerprint density at radius 3 is 2.90 bits per heavy atom. The maximum Gasteiger partial charge on any atom is 0.328 e. The van der Waals surface area contributed by atoms with Crippen LogP contribution >= 0.6 is 0 Å². The second-order valence-electron chi connectivity index (χ2n) is 5.55. The van der Waals surface area contributed by atoms with Crippen molar-refractivity contribution in [2.24, 2.45) is 0 Å². The third-order valence-corrected chi connectivity index (χ3v) is 3.89. The van der Waals surface area contributed by atoms with Crippen LogP contribution in [0.25, 0.3) is 6.08 Å². The minimum absolute atomic E-state index is 0.347. The molecule has 0 aliphatic carbocycles. The average molecular weight is 292 g/mol. The first-order chi connectivity index (χ1) is 9.99. The van der Waals surface area contributed by atoms with E-state index in [-0.39, 0.29) is 0 Å². The predicted molar refractivity (Wildman–Crippen MR) is 82.0 cm³/mol. The number of halogens is 1. The van der Waals surface area contributed by atoms with Gasteiger partial charge in [-0.15, -0.1) is 0 Å². The standard InChI is InChI=1S/C16H21FN2O2/c1-18(2)12-5-4-10-19(11-12)15-7-3-6-14(17)13(15)8-9-16(20)21/h3,6-9,12H,4-5,10-11H2,1-2H3,(H,20,21)/b9-8+. The SMILES string of the molecule is CN(C)C1CCCN(c2cccc(F)c2/C=C/C(=O)O)C1. The van der Waals surface area contributed by atoms with Crippen molar-refractivity contribution in [3.8, 4) is 0 Å². The molecule has 1 heterocycles. The van der Waals surface area contributed by atoms with Gasteiger partial charge in [0, 0.05) is 36.5 Å². The number of carboxylic acids is 1. The number of aliphatic carboxylic acids is 1. The van der Waals surface area contributed by atoms with Crippen LogP contribution in [-0.2, 0) is 4.79 Å². The summed E-state index contributed by atoms with van der Waals surface area (Å²) in [4.78, 5) is 15.0. The summed E-state index contributed by atoms with van der Waals surface area (Å²) in [6, 6.07) is 5.31. The minimum Gasteiger partial charge on any atom is -0.478 e. The number of rotatable bonds is 4. The Labute approximate surface area is 124 Å². The summed E-state index contributed by atoms with van der Waals surface area (Å²) < 4.78 is 14.0. The van der Waals surface area contributed by atoms with Crippen molar-refractivity contribution in [3.05, 3.63) is 35.7 Å². The third kappa shape index (κ3) is 3.82. The van der Waals surface area contributed by atoms with Gasteiger partial charge in [0.25, 0.3) is 0 Å². The monoisotopic (exact) mass is 292 g/mol. The van der Waals surface area contributed by atoms with Crippen LogP contribution in [0.1, 0.15) is 18.4 Å². The van der Waals surface area contributed by atoms with Crippen molar-refractivity contribution >= 4 is 17.7 Å². The number of nitrogens with zero attached hydrogens (tertiary/aromatic N) is 2. The Hall–Kier alpha value is -1.88. The van der Waals surface area contributed by atoms with Crippen molar-refractivity contribution in [2.45, 2.75) is 18.9 Å². The van der Waals surface area contributed by atoms with Crippen molar-refractivity contribution in [1.29, 1.82) is 0 Å². The molecule has 1 aromatic carbocycles. The topological polar surface area (TPSA) is 43.8 Å². The first kappa shape index (κ1) is 15.5. The lowest BCUT2D eigenvalue weighted by atomic mass is 10.0. The summed E-state index contributed by atoms with van der Waals surface area (Å²) in [6.07, 6.45) is 4.49. The van der Waals surface area contributed by atoms with Crippen LogP contribution in [0.2, 0.25) is 0 Å². The highest BCUT2D eigenvalue weighted by Crippen LogP contribution is 2.28. The molecular weight excluding hydrogens is 271 g/mol. The molecule has 1 saturated heterocycles. The molecule has 1 aliphatic heterocycles. The summed E-state index contributed by atoms with van der Waals surface area (Å²) in [5.74, 6) is -1.47. The van der Waals surface area contributed by atoms with Crippen molar-refractivity contribution in [3.63, 3.8) is 0 Å². The van der Waals surface area contributed by atoms with Crippen LogP contribution in [0.4, 0.5) is 10.1 Å². The van der Waals surface area contributed by atoms with Gasteiger partial charge in [-0.3, -0.25) is 0 Å². The molecule has 0 saturated carbocycles.